The van der Waals surface area contributed by atoms with Crippen LogP contribution in [0.5, 0.6) is 0 Å². The molecule has 0 aliphatic heterocycles. The van der Waals surface area contributed by atoms with Crippen molar-refractivity contribution >= 4 is 5.91 Å². The molecule has 0 saturated heterocycles. The van der Waals surface area contributed by atoms with Crippen molar-refractivity contribution < 1.29 is 4.79 Å². The Bertz CT molecular complexity index is 292. The zero-order chi connectivity index (χ0) is 9.14. The third-order valence-electron chi connectivity index (χ3n) is 1.64. The van der Waals surface area contributed by atoms with Gasteiger partial charge >= 0.3 is 0 Å². The van der Waals surface area contributed by atoms with Gasteiger partial charge in [0, 0.05) is 12.2 Å². The van der Waals surface area contributed by atoms with E-state index >= 15 is 0 Å². The summed E-state index contributed by atoms with van der Waals surface area (Å²) < 4.78 is 1.74. The fraction of sp³-hybridized carbons (Fsp3) is 0.429. The first-order valence-corrected chi connectivity index (χ1v) is 3.74. The van der Waals surface area contributed by atoms with E-state index in [1.54, 1.807) is 10.7 Å². The van der Waals surface area contributed by atoms with Crippen LogP contribution in [-0.4, -0.2) is 15.7 Å². The van der Waals surface area contributed by atoms with Gasteiger partial charge in [0.15, 0.2) is 5.69 Å². The van der Waals surface area contributed by atoms with Gasteiger partial charge in [-0.25, -0.2) is 5.84 Å². The fourth-order valence-corrected chi connectivity index (χ4v) is 1.02. The van der Waals surface area contributed by atoms with Crippen LogP contribution in [-0.2, 0) is 6.54 Å². The molecular formula is C7H12N4O. The second kappa shape index (κ2) is 3.36. The number of nitrogens with one attached hydrogen (secondary N) is 1. The van der Waals surface area contributed by atoms with Gasteiger partial charge in [0.25, 0.3) is 5.91 Å². The Labute approximate surface area is 70.5 Å². The predicted octanol–water partition coefficient (Wildman–Crippen LogP) is -0.185. The van der Waals surface area contributed by atoms with Crippen molar-refractivity contribution in [2.24, 2.45) is 5.84 Å². The molecule has 12 heavy (non-hydrogen) atoms. The van der Waals surface area contributed by atoms with Crippen molar-refractivity contribution in [1.82, 2.24) is 15.2 Å². The molecule has 0 aromatic carbocycles. The number of nitrogen functional groups attached to an aromatic ring is 1. The lowest BCUT2D eigenvalue weighted by molar-refractivity contribution is 0.0948. The molecule has 0 spiro atoms. The zero-order valence-electron chi connectivity index (χ0n) is 7.16. The molecule has 5 heteroatoms. The van der Waals surface area contributed by atoms with Crippen molar-refractivity contribution in [3.63, 3.8) is 0 Å². The summed E-state index contributed by atoms with van der Waals surface area (Å²) in [6.07, 6.45) is 0. The molecule has 0 unspecified atom stereocenters. The van der Waals surface area contributed by atoms with Gasteiger partial charge in [-0.2, -0.15) is 5.10 Å². The van der Waals surface area contributed by atoms with Gasteiger partial charge in [0.2, 0.25) is 0 Å². The highest BCUT2D eigenvalue weighted by Crippen LogP contribution is 2.01. The largest absolute Gasteiger partial charge is 0.289 e. The Morgan fingerprint density at radius 1 is 1.83 bits per heavy atom. The second-order valence-electron chi connectivity index (χ2n) is 2.46. The Balaban J connectivity index is 2.96. The SMILES string of the molecule is CCn1nc(C(=O)NN)cc1C. The summed E-state index contributed by atoms with van der Waals surface area (Å²) in [6, 6.07) is 1.70. The third kappa shape index (κ3) is 1.45. The molecule has 1 amide bonds. The van der Waals surface area contributed by atoms with Crippen LogP contribution >= 0.6 is 0 Å². The van der Waals surface area contributed by atoms with E-state index in [0.29, 0.717) is 5.69 Å². The van der Waals surface area contributed by atoms with Crippen LogP contribution in [0.1, 0.15) is 23.1 Å². The molecule has 1 heterocycles. The molecule has 0 atom stereocenters. The van der Waals surface area contributed by atoms with Crippen LogP contribution in [0.25, 0.3) is 0 Å². The summed E-state index contributed by atoms with van der Waals surface area (Å²) in [4.78, 5) is 11.0. The zero-order valence-corrected chi connectivity index (χ0v) is 7.16. The minimum Gasteiger partial charge on any atom is -0.289 e. The molecule has 1 aromatic heterocycles. The number of aromatic nitrogens is 2. The number of nitrogens with zero attached hydrogens (tertiary/aromatic N) is 2. The Hall–Kier alpha value is -1.36. The number of carbonyl (C=O) groups excluding carboxylic acids is 1. The first-order valence-electron chi connectivity index (χ1n) is 3.74. The Morgan fingerprint density at radius 3 is 2.92 bits per heavy atom. The lowest BCUT2D eigenvalue weighted by Gasteiger charge is -1.96. The summed E-state index contributed by atoms with van der Waals surface area (Å²) in [5, 5.41) is 4.02. The number of amides is 1. The highest BCUT2D eigenvalue weighted by atomic mass is 16.2. The fourth-order valence-electron chi connectivity index (χ4n) is 1.02. The molecule has 0 aliphatic rings. The van der Waals surface area contributed by atoms with Crippen LogP contribution in [0.15, 0.2) is 6.07 Å². The van der Waals surface area contributed by atoms with Gasteiger partial charge in [0.05, 0.1) is 0 Å². The van der Waals surface area contributed by atoms with E-state index in [9.17, 15) is 4.79 Å². The molecule has 0 aliphatic carbocycles. The molecule has 3 N–H and O–H groups in total. The van der Waals surface area contributed by atoms with E-state index in [1.807, 2.05) is 19.3 Å². The first kappa shape index (κ1) is 8.73. The topological polar surface area (TPSA) is 72.9 Å². The minimum absolute atomic E-state index is 0.356. The van der Waals surface area contributed by atoms with Crippen LogP contribution in [0.3, 0.4) is 0 Å². The number of hydrogen-bond donors (Lipinski definition) is 2. The molecule has 66 valence electrons. The Morgan fingerprint density at radius 2 is 2.50 bits per heavy atom. The minimum atomic E-state index is -0.356. The highest BCUT2D eigenvalue weighted by Gasteiger charge is 2.09. The number of aryl methyl sites for hydroxylation is 2. The molecule has 0 fully saturated rings. The first-order chi connectivity index (χ1) is 5.69. The molecule has 1 rings (SSSR count). The summed E-state index contributed by atoms with van der Waals surface area (Å²) in [7, 11) is 0. The standard InChI is InChI=1S/C7H12N4O/c1-3-11-5(2)4-6(10-11)7(12)9-8/h4H,3,8H2,1-2H3,(H,9,12). The van der Waals surface area contributed by atoms with Crippen LogP contribution < -0.4 is 11.3 Å². The van der Waals surface area contributed by atoms with Crippen LogP contribution in [0, 0.1) is 6.92 Å². The number of hydrogen-bond acceptors (Lipinski definition) is 3. The molecule has 1 aromatic rings. The van der Waals surface area contributed by atoms with Gasteiger partial charge in [-0.05, 0) is 19.9 Å². The summed E-state index contributed by atoms with van der Waals surface area (Å²) in [5.74, 6) is 4.60. The van der Waals surface area contributed by atoms with Gasteiger partial charge in [-0.15, -0.1) is 0 Å². The van der Waals surface area contributed by atoms with Crippen molar-refractivity contribution in [3.05, 3.63) is 17.5 Å². The van der Waals surface area contributed by atoms with Crippen molar-refractivity contribution in [1.29, 1.82) is 0 Å². The van der Waals surface area contributed by atoms with E-state index in [2.05, 4.69) is 5.10 Å². The molecule has 0 bridgehead atoms. The number of nitrogens with two attached hydrogens (primary N) is 1. The highest BCUT2D eigenvalue weighted by molar-refractivity contribution is 5.91. The summed E-state index contributed by atoms with van der Waals surface area (Å²) in [6.45, 7) is 4.61. The van der Waals surface area contributed by atoms with E-state index < -0.39 is 0 Å². The summed E-state index contributed by atoms with van der Waals surface area (Å²) in [5.41, 5.74) is 3.34. The molecule has 5 nitrogen and oxygen atoms in total. The van der Waals surface area contributed by atoms with Gasteiger partial charge in [0.1, 0.15) is 0 Å². The lowest BCUT2D eigenvalue weighted by Crippen LogP contribution is -2.30. The molecular weight excluding hydrogens is 156 g/mol. The lowest BCUT2D eigenvalue weighted by atomic mass is 10.3. The normalized spacial score (nSPS) is 9.92. The maximum absolute atomic E-state index is 11.0. The third-order valence-corrected chi connectivity index (χ3v) is 1.64. The maximum Gasteiger partial charge on any atom is 0.285 e. The Kier molecular flexibility index (Phi) is 2.44. The van der Waals surface area contributed by atoms with Crippen molar-refractivity contribution in [2.75, 3.05) is 0 Å². The summed E-state index contributed by atoms with van der Waals surface area (Å²) >= 11 is 0. The van der Waals surface area contributed by atoms with E-state index in [-0.39, 0.29) is 5.91 Å². The van der Waals surface area contributed by atoms with Gasteiger partial charge in [-0.3, -0.25) is 14.9 Å². The maximum atomic E-state index is 11.0. The van der Waals surface area contributed by atoms with E-state index in [1.165, 1.54) is 0 Å². The van der Waals surface area contributed by atoms with E-state index in [4.69, 9.17) is 5.84 Å². The molecule has 0 saturated carbocycles. The average Bonchev–Trinajstić information content (AvgIpc) is 2.45. The van der Waals surface area contributed by atoms with Crippen molar-refractivity contribution in [3.8, 4) is 0 Å². The predicted molar refractivity (Wildman–Crippen MR) is 44.3 cm³/mol. The van der Waals surface area contributed by atoms with Gasteiger partial charge < -0.3 is 0 Å². The number of rotatable bonds is 2. The van der Waals surface area contributed by atoms with Gasteiger partial charge in [-0.1, -0.05) is 0 Å². The monoisotopic (exact) mass is 168 g/mol. The van der Waals surface area contributed by atoms with Crippen LogP contribution in [0.4, 0.5) is 0 Å². The number of carbonyl (C=O) groups is 1. The molecule has 0 radical (unpaired) electrons. The second-order valence-corrected chi connectivity index (χ2v) is 2.46. The smallest absolute Gasteiger partial charge is 0.285 e. The van der Waals surface area contributed by atoms with Crippen molar-refractivity contribution in [2.45, 2.75) is 20.4 Å². The number of hydrazine groups is 1. The quantitative estimate of drug-likeness (QED) is 0.365. The average molecular weight is 168 g/mol. The van der Waals surface area contributed by atoms with E-state index in [0.717, 1.165) is 12.2 Å². The van der Waals surface area contributed by atoms with Crippen LogP contribution in [0.2, 0.25) is 0 Å².